The number of hydrogen-bond acceptors (Lipinski definition) is 4. The maximum atomic E-state index is 6.26. The molecule has 1 fully saturated rings. The minimum Gasteiger partial charge on any atom is -0.323 e. The molecule has 4 nitrogen and oxygen atoms in total. The van der Waals surface area contributed by atoms with E-state index in [2.05, 4.69) is 35.6 Å². The van der Waals surface area contributed by atoms with Gasteiger partial charge in [0.25, 0.3) is 0 Å². The quantitative estimate of drug-likeness (QED) is 0.905. The van der Waals surface area contributed by atoms with Crippen LogP contribution in [0.1, 0.15) is 31.9 Å². The van der Waals surface area contributed by atoms with E-state index < -0.39 is 0 Å². The van der Waals surface area contributed by atoms with Crippen molar-refractivity contribution in [3.8, 4) is 0 Å². The molecule has 18 heavy (non-hydrogen) atoms. The number of aromatic nitrogens is 2. The molecule has 1 aromatic rings. The van der Waals surface area contributed by atoms with Crippen molar-refractivity contribution in [2.24, 2.45) is 12.8 Å². The highest BCUT2D eigenvalue weighted by atomic mass is 32.2. The van der Waals surface area contributed by atoms with Crippen molar-refractivity contribution < 1.29 is 0 Å². The van der Waals surface area contributed by atoms with Gasteiger partial charge in [0, 0.05) is 48.4 Å². The number of rotatable bonds is 3. The van der Waals surface area contributed by atoms with E-state index in [1.54, 1.807) is 0 Å². The van der Waals surface area contributed by atoms with Crippen LogP contribution in [0, 0.1) is 0 Å². The summed E-state index contributed by atoms with van der Waals surface area (Å²) in [4.78, 5) is 2.49. The molecule has 1 atom stereocenters. The van der Waals surface area contributed by atoms with Gasteiger partial charge in [0.1, 0.15) is 0 Å². The maximum absolute atomic E-state index is 6.26. The summed E-state index contributed by atoms with van der Waals surface area (Å²) in [5.74, 6) is 1.20. The Morgan fingerprint density at radius 2 is 2.28 bits per heavy atom. The first-order chi connectivity index (χ1) is 8.46. The lowest BCUT2D eigenvalue weighted by Crippen LogP contribution is -2.34. The fourth-order valence-electron chi connectivity index (χ4n) is 2.26. The zero-order valence-electron chi connectivity index (χ0n) is 11.6. The van der Waals surface area contributed by atoms with Crippen LogP contribution >= 0.6 is 11.8 Å². The fourth-order valence-corrected chi connectivity index (χ4v) is 3.40. The van der Waals surface area contributed by atoms with Crippen LogP contribution in [0.2, 0.25) is 0 Å². The van der Waals surface area contributed by atoms with E-state index >= 15 is 0 Å². The van der Waals surface area contributed by atoms with Crippen LogP contribution in [0.25, 0.3) is 0 Å². The van der Waals surface area contributed by atoms with Gasteiger partial charge in [-0.3, -0.25) is 4.68 Å². The first-order valence-corrected chi connectivity index (χ1v) is 7.55. The average molecular weight is 268 g/mol. The lowest BCUT2D eigenvalue weighted by atomic mass is 10.1. The minimum absolute atomic E-state index is 0.0740. The summed E-state index contributed by atoms with van der Waals surface area (Å²) in [5.41, 5.74) is 7.39. The largest absolute Gasteiger partial charge is 0.323 e. The molecule has 1 aliphatic heterocycles. The molecule has 5 heteroatoms. The van der Waals surface area contributed by atoms with Crippen molar-refractivity contribution in [2.75, 3.05) is 25.4 Å². The van der Waals surface area contributed by atoms with Gasteiger partial charge in [-0.1, -0.05) is 13.8 Å². The Hall–Kier alpha value is -0.520. The van der Waals surface area contributed by atoms with E-state index in [9.17, 15) is 0 Å². The van der Waals surface area contributed by atoms with Crippen LogP contribution in [0.15, 0.2) is 12.4 Å². The summed E-state index contributed by atoms with van der Waals surface area (Å²) < 4.78 is 2.23. The van der Waals surface area contributed by atoms with Gasteiger partial charge in [-0.05, 0) is 13.0 Å². The van der Waals surface area contributed by atoms with Crippen LogP contribution in [0.5, 0.6) is 0 Å². The smallest absolute Gasteiger partial charge is 0.0537 e. The van der Waals surface area contributed by atoms with E-state index in [0.29, 0.717) is 4.75 Å². The Balaban J connectivity index is 1.89. The molecule has 0 amide bonds. The van der Waals surface area contributed by atoms with E-state index in [1.165, 1.54) is 12.2 Å². The summed E-state index contributed by atoms with van der Waals surface area (Å²) >= 11 is 2.07. The molecule has 2 heterocycles. The summed E-state index contributed by atoms with van der Waals surface area (Å²) in [6.07, 6.45) is 5.12. The molecule has 2 N–H and O–H groups in total. The Labute approximate surface area is 114 Å². The lowest BCUT2D eigenvalue weighted by molar-refractivity contribution is 0.267. The zero-order chi connectivity index (χ0) is 13.2. The van der Waals surface area contributed by atoms with Crippen LogP contribution in [-0.4, -0.2) is 44.8 Å². The SMILES string of the molecule is Cn1cc(C(N)CN2CCSC(C)(C)CC2)cn1. The normalized spacial score (nSPS) is 22.7. The van der Waals surface area contributed by atoms with Gasteiger partial charge >= 0.3 is 0 Å². The number of aryl methyl sites for hydroxylation is 1. The molecule has 1 aliphatic rings. The van der Waals surface area contributed by atoms with Gasteiger partial charge in [-0.15, -0.1) is 0 Å². The van der Waals surface area contributed by atoms with Gasteiger partial charge in [-0.2, -0.15) is 16.9 Å². The highest BCUT2D eigenvalue weighted by molar-refractivity contribution is 8.00. The molecule has 1 unspecified atom stereocenters. The van der Waals surface area contributed by atoms with Crippen molar-refractivity contribution in [1.82, 2.24) is 14.7 Å². The number of nitrogens with zero attached hydrogens (tertiary/aromatic N) is 3. The highest BCUT2D eigenvalue weighted by Gasteiger charge is 2.24. The monoisotopic (exact) mass is 268 g/mol. The molecule has 0 saturated carbocycles. The number of nitrogens with two attached hydrogens (primary N) is 1. The summed E-state index contributed by atoms with van der Waals surface area (Å²) in [7, 11) is 1.93. The molecule has 0 radical (unpaired) electrons. The summed E-state index contributed by atoms with van der Waals surface area (Å²) in [6, 6.07) is 0.0740. The number of thioether (sulfide) groups is 1. The topological polar surface area (TPSA) is 47.1 Å². The van der Waals surface area contributed by atoms with E-state index in [0.717, 1.165) is 25.2 Å². The summed E-state index contributed by atoms with van der Waals surface area (Å²) in [6.45, 7) is 7.89. The third kappa shape index (κ3) is 3.73. The van der Waals surface area contributed by atoms with E-state index in [-0.39, 0.29) is 6.04 Å². The van der Waals surface area contributed by atoms with Crippen LogP contribution in [0.3, 0.4) is 0 Å². The molecule has 0 aliphatic carbocycles. The molecular weight excluding hydrogens is 244 g/mol. The van der Waals surface area contributed by atoms with Crippen LogP contribution in [-0.2, 0) is 7.05 Å². The van der Waals surface area contributed by atoms with Crippen molar-refractivity contribution >= 4 is 11.8 Å². The Kier molecular flexibility index (Phi) is 4.35. The van der Waals surface area contributed by atoms with Crippen molar-refractivity contribution in [2.45, 2.75) is 31.1 Å². The van der Waals surface area contributed by atoms with Crippen LogP contribution < -0.4 is 5.73 Å². The van der Waals surface area contributed by atoms with E-state index in [1.807, 2.05) is 24.1 Å². The second kappa shape index (κ2) is 5.63. The van der Waals surface area contributed by atoms with Gasteiger partial charge in [0.15, 0.2) is 0 Å². The van der Waals surface area contributed by atoms with Gasteiger partial charge in [-0.25, -0.2) is 0 Å². The van der Waals surface area contributed by atoms with Crippen LogP contribution in [0.4, 0.5) is 0 Å². The first kappa shape index (κ1) is 13.9. The molecule has 2 rings (SSSR count). The van der Waals surface area contributed by atoms with Gasteiger partial charge < -0.3 is 10.6 Å². The molecule has 102 valence electrons. The van der Waals surface area contributed by atoms with Gasteiger partial charge in [0.05, 0.1) is 6.20 Å². The Bertz CT molecular complexity index is 388. The van der Waals surface area contributed by atoms with Crippen molar-refractivity contribution in [1.29, 1.82) is 0 Å². The second-order valence-corrected chi connectivity index (χ2v) is 7.51. The molecule has 0 spiro atoms. The Morgan fingerprint density at radius 3 is 2.94 bits per heavy atom. The maximum Gasteiger partial charge on any atom is 0.0537 e. The minimum atomic E-state index is 0.0740. The molecule has 0 aromatic carbocycles. The first-order valence-electron chi connectivity index (χ1n) is 6.57. The predicted octanol–water partition coefficient (Wildman–Crippen LogP) is 1.64. The third-order valence-electron chi connectivity index (χ3n) is 3.54. The molecule has 1 aromatic heterocycles. The van der Waals surface area contributed by atoms with E-state index in [4.69, 9.17) is 5.73 Å². The standard InChI is InChI=1S/C13H24N4S/c1-13(2)4-5-17(6-7-18-13)10-12(14)11-8-15-16(3)9-11/h8-9,12H,4-7,10,14H2,1-3H3. The fraction of sp³-hybridized carbons (Fsp3) is 0.769. The predicted molar refractivity (Wildman–Crippen MR) is 77.7 cm³/mol. The molecule has 0 bridgehead atoms. The Morgan fingerprint density at radius 1 is 1.50 bits per heavy atom. The number of hydrogen-bond donors (Lipinski definition) is 1. The molecule has 1 saturated heterocycles. The lowest BCUT2D eigenvalue weighted by Gasteiger charge is -2.24. The molecular formula is C13H24N4S. The van der Waals surface area contributed by atoms with Crippen molar-refractivity contribution in [3.05, 3.63) is 18.0 Å². The zero-order valence-corrected chi connectivity index (χ0v) is 12.4. The summed E-state index contributed by atoms with van der Waals surface area (Å²) in [5, 5.41) is 4.19. The second-order valence-electron chi connectivity index (χ2n) is 5.71. The highest BCUT2D eigenvalue weighted by Crippen LogP contribution is 2.30. The third-order valence-corrected chi connectivity index (χ3v) is 4.91. The van der Waals surface area contributed by atoms with Gasteiger partial charge in [0.2, 0.25) is 0 Å². The average Bonchev–Trinajstić information content (AvgIpc) is 2.65. The van der Waals surface area contributed by atoms with Crippen molar-refractivity contribution in [3.63, 3.8) is 0 Å².